The van der Waals surface area contributed by atoms with Gasteiger partial charge in [-0.3, -0.25) is 9.59 Å². The average Bonchev–Trinajstić information content (AvgIpc) is 2.60. The van der Waals surface area contributed by atoms with Crippen LogP contribution in [-0.4, -0.2) is 15.7 Å². The molecule has 0 saturated heterocycles. The predicted molar refractivity (Wildman–Crippen MR) is 99.0 cm³/mol. The third-order valence-electron chi connectivity index (χ3n) is 3.52. The Kier molecular flexibility index (Phi) is 4.88. The van der Waals surface area contributed by atoms with E-state index in [1.807, 2.05) is 31.2 Å². The number of hydrogen-bond acceptors (Lipinski definition) is 3. The van der Waals surface area contributed by atoms with Crippen molar-refractivity contribution in [3.05, 3.63) is 86.3 Å². The van der Waals surface area contributed by atoms with Crippen LogP contribution in [-0.2, 0) is 0 Å². The van der Waals surface area contributed by atoms with Crippen LogP contribution >= 0.6 is 23.2 Å². The summed E-state index contributed by atoms with van der Waals surface area (Å²) in [7, 11) is 0. The smallest absolute Gasteiger partial charge is 0.280 e. The van der Waals surface area contributed by atoms with Crippen molar-refractivity contribution in [3.8, 4) is 5.69 Å². The first kappa shape index (κ1) is 17.2. The fourth-order valence-electron chi connectivity index (χ4n) is 2.19. The summed E-state index contributed by atoms with van der Waals surface area (Å²) in [5.41, 5.74) is 1.42. The summed E-state index contributed by atoms with van der Waals surface area (Å²) in [6.45, 7) is 1.97. The summed E-state index contributed by atoms with van der Waals surface area (Å²) in [5, 5.41) is 7.21. The van der Waals surface area contributed by atoms with Crippen LogP contribution in [0.4, 0.5) is 5.69 Å². The minimum absolute atomic E-state index is 0.201. The highest BCUT2D eigenvalue weighted by molar-refractivity contribution is 6.44. The van der Waals surface area contributed by atoms with Crippen molar-refractivity contribution in [3.63, 3.8) is 0 Å². The third-order valence-corrected chi connectivity index (χ3v) is 4.34. The maximum atomic E-state index is 12.4. The first-order chi connectivity index (χ1) is 12.0. The number of halogens is 2. The maximum absolute atomic E-state index is 12.4. The summed E-state index contributed by atoms with van der Waals surface area (Å²) < 4.78 is 1.47. The molecule has 0 saturated carbocycles. The second-order valence-electron chi connectivity index (χ2n) is 5.36. The zero-order valence-electron chi connectivity index (χ0n) is 13.2. The van der Waals surface area contributed by atoms with Crippen LogP contribution < -0.4 is 10.7 Å². The molecular weight excluding hydrogens is 361 g/mol. The molecule has 25 heavy (non-hydrogen) atoms. The van der Waals surface area contributed by atoms with Crippen LogP contribution in [0, 0.1) is 6.92 Å². The summed E-state index contributed by atoms with van der Waals surface area (Å²) in [4.78, 5) is 24.5. The van der Waals surface area contributed by atoms with Crippen LogP contribution in [0.5, 0.6) is 0 Å². The number of carbonyl (C=O) groups excluding carboxylic acids is 1. The average molecular weight is 374 g/mol. The second-order valence-corrected chi connectivity index (χ2v) is 6.15. The molecular formula is C18H13Cl2N3O2. The summed E-state index contributed by atoms with van der Waals surface area (Å²) in [5.74, 6) is -0.657. The lowest BCUT2D eigenvalue weighted by atomic mass is 10.2. The van der Waals surface area contributed by atoms with Gasteiger partial charge in [0.15, 0.2) is 5.69 Å². The molecule has 3 rings (SSSR count). The number of nitrogens with zero attached hydrogens (tertiary/aromatic N) is 2. The highest BCUT2D eigenvalue weighted by Crippen LogP contribution is 2.29. The summed E-state index contributed by atoms with van der Waals surface area (Å²) >= 11 is 12.0. The van der Waals surface area contributed by atoms with Crippen molar-refractivity contribution in [2.75, 3.05) is 5.32 Å². The maximum Gasteiger partial charge on any atom is 0.280 e. The van der Waals surface area contributed by atoms with Crippen molar-refractivity contribution in [1.29, 1.82) is 0 Å². The fourth-order valence-corrected chi connectivity index (χ4v) is 2.54. The number of aryl methyl sites for hydroxylation is 1. The minimum Gasteiger partial charge on any atom is -0.319 e. The Morgan fingerprint density at radius 1 is 1.08 bits per heavy atom. The number of carbonyl (C=O) groups is 1. The molecule has 0 aliphatic rings. The van der Waals surface area contributed by atoms with Crippen molar-refractivity contribution in [2.24, 2.45) is 0 Å². The van der Waals surface area contributed by atoms with E-state index < -0.39 is 11.3 Å². The zero-order chi connectivity index (χ0) is 18.0. The van der Waals surface area contributed by atoms with E-state index in [1.165, 1.54) is 16.9 Å². The molecule has 0 atom stereocenters. The Bertz CT molecular complexity index is 998. The van der Waals surface area contributed by atoms with Gasteiger partial charge in [0.1, 0.15) is 0 Å². The molecule has 0 aliphatic heterocycles. The molecule has 1 N–H and O–H groups in total. The van der Waals surface area contributed by atoms with Gasteiger partial charge in [0.25, 0.3) is 5.91 Å². The first-order valence-corrected chi connectivity index (χ1v) is 8.13. The Morgan fingerprint density at radius 2 is 1.80 bits per heavy atom. The van der Waals surface area contributed by atoms with E-state index in [2.05, 4.69) is 10.4 Å². The van der Waals surface area contributed by atoms with Gasteiger partial charge in [-0.25, -0.2) is 4.68 Å². The highest BCUT2D eigenvalue weighted by Gasteiger charge is 2.15. The molecule has 7 heteroatoms. The molecule has 1 aromatic heterocycles. The predicted octanol–water partition coefficient (Wildman–Crippen LogP) is 4.10. The normalized spacial score (nSPS) is 10.5. The molecule has 1 amide bonds. The van der Waals surface area contributed by atoms with E-state index in [4.69, 9.17) is 23.2 Å². The van der Waals surface area contributed by atoms with Crippen LogP contribution in [0.15, 0.2) is 59.5 Å². The van der Waals surface area contributed by atoms with Gasteiger partial charge in [-0.15, -0.1) is 0 Å². The van der Waals surface area contributed by atoms with Crippen LogP contribution in [0.1, 0.15) is 16.1 Å². The summed E-state index contributed by atoms with van der Waals surface area (Å²) in [6.07, 6.45) is 1.51. The standard InChI is InChI=1S/C18H13Cl2N3O2/c1-11-5-7-12(8-6-11)23-10-9-15(24)17(22-23)18(25)21-14-4-2-3-13(19)16(14)20/h2-10H,1H3,(H,21,25). The molecule has 0 unspecified atom stereocenters. The number of hydrogen-bond donors (Lipinski definition) is 1. The molecule has 1 heterocycles. The lowest BCUT2D eigenvalue weighted by Gasteiger charge is -2.09. The van der Waals surface area contributed by atoms with E-state index in [0.29, 0.717) is 10.7 Å². The molecule has 0 spiro atoms. The number of rotatable bonds is 3. The van der Waals surface area contributed by atoms with Gasteiger partial charge in [0.05, 0.1) is 21.4 Å². The molecule has 0 aliphatic carbocycles. The van der Waals surface area contributed by atoms with Crippen molar-refractivity contribution in [2.45, 2.75) is 6.92 Å². The van der Waals surface area contributed by atoms with Crippen LogP contribution in [0.25, 0.3) is 5.69 Å². The van der Waals surface area contributed by atoms with E-state index in [9.17, 15) is 9.59 Å². The van der Waals surface area contributed by atoms with E-state index >= 15 is 0 Å². The van der Waals surface area contributed by atoms with E-state index in [0.717, 1.165) is 11.3 Å². The van der Waals surface area contributed by atoms with Gasteiger partial charge >= 0.3 is 0 Å². The number of benzene rings is 2. The molecule has 0 bridgehead atoms. The van der Waals surface area contributed by atoms with Gasteiger partial charge < -0.3 is 5.32 Å². The Morgan fingerprint density at radius 3 is 2.52 bits per heavy atom. The van der Waals surface area contributed by atoms with Crippen molar-refractivity contribution < 1.29 is 4.79 Å². The van der Waals surface area contributed by atoms with Gasteiger partial charge in [0, 0.05) is 12.3 Å². The molecule has 126 valence electrons. The lowest BCUT2D eigenvalue weighted by molar-refractivity contribution is 0.101. The Labute approximate surface area is 153 Å². The van der Waals surface area contributed by atoms with Crippen molar-refractivity contribution in [1.82, 2.24) is 9.78 Å². The molecule has 2 aromatic carbocycles. The van der Waals surface area contributed by atoms with E-state index in [1.54, 1.807) is 18.2 Å². The number of nitrogens with one attached hydrogen (secondary N) is 1. The van der Waals surface area contributed by atoms with Gasteiger partial charge in [-0.1, -0.05) is 47.0 Å². The highest BCUT2D eigenvalue weighted by atomic mass is 35.5. The van der Waals surface area contributed by atoms with Gasteiger partial charge in [0.2, 0.25) is 5.43 Å². The minimum atomic E-state index is -0.657. The summed E-state index contributed by atoms with van der Waals surface area (Å²) in [6, 6.07) is 13.7. The molecule has 0 fully saturated rings. The zero-order valence-corrected chi connectivity index (χ0v) is 14.7. The van der Waals surface area contributed by atoms with E-state index in [-0.39, 0.29) is 10.7 Å². The molecule has 5 nitrogen and oxygen atoms in total. The van der Waals surface area contributed by atoms with Gasteiger partial charge in [-0.2, -0.15) is 5.10 Å². The Balaban J connectivity index is 1.95. The fraction of sp³-hybridized carbons (Fsp3) is 0.0556. The Hall–Kier alpha value is -2.63. The molecule has 0 radical (unpaired) electrons. The second kappa shape index (κ2) is 7.09. The van der Waals surface area contributed by atoms with Crippen LogP contribution in [0.2, 0.25) is 10.0 Å². The number of anilines is 1. The van der Waals surface area contributed by atoms with Gasteiger partial charge in [-0.05, 0) is 31.2 Å². The molecule has 3 aromatic rings. The third kappa shape index (κ3) is 3.73. The largest absolute Gasteiger partial charge is 0.319 e. The monoisotopic (exact) mass is 373 g/mol. The lowest BCUT2D eigenvalue weighted by Crippen LogP contribution is -2.25. The van der Waals surface area contributed by atoms with Crippen molar-refractivity contribution >= 4 is 34.8 Å². The topological polar surface area (TPSA) is 64.0 Å². The first-order valence-electron chi connectivity index (χ1n) is 7.38. The van der Waals surface area contributed by atoms with Crippen LogP contribution in [0.3, 0.4) is 0 Å². The quantitative estimate of drug-likeness (QED) is 0.751. The SMILES string of the molecule is Cc1ccc(-n2ccc(=O)c(C(=O)Nc3cccc(Cl)c3Cl)n2)cc1. The number of amides is 1. The number of aromatic nitrogens is 2.